The average molecular weight is 346 g/mol. The fourth-order valence-electron chi connectivity index (χ4n) is 3.56. The van der Waals surface area contributed by atoms with Gasteiger partial charge in [0.2, 0.25) is 0 Å². The summed E-state index contributed by atoms with van der Waals surface area (Å²) in [4.78, 5) is 36.2. The maximum Gasteiger partial charge on any atom is 0.338 e. The van der Waals surface area contributed by atoms with Crippen LogP contribution in [-0.2, 0) is 19.1 Å². The molecule has 7 nitrogen and oxygen atoms in total. The molecule has 132 valence electrons. The van der Waals surface area contributed by atoms with E-state index in [1.54, 1.807) is 18.2 Å². The Morgan fingerprint density at radius 2 is 1.88 bits per heavy atom. The normalized spacial score (nSPS) is 33.9. The number of hydrogen-bond acceptors (Lipinski definition) is 7. The second-order valence-corrected chi connectivity index (χ2v) is 6.48. The van der Waals surface area contributed by atoms with Gasteiger partial charge in [0.15, 0.2) is 11.9 Å². The fraction of sp³-hybridized carbons (Fsp3) is 0.389. The number of esters is 2. The lowest BCUT2D eigenvalue weighted by Gasteiger charge is -2.31. The van der Waals surface area contributed by atoms with Crippen LogP contribution in [0.25, 0.3) is 0 Å². The molecule has 0 saturated heterocycles. The number of hydrogen-bond donors (Lipinski definition) is 2. The van der Waals surface area contributed by atoms with Crippen LogP contribution in [0.1, 0.15) is 24.2 Å². The largest absolute Gasteiger partial charge is 0.453 e. The van der Waals surface area contributed by atoms with Crippen molar-refractivity contribution in [3.63, 3.8) is 0 Å². The van der Waals surface area contributed by atoms with Crippen molar-refractivity contribution < 1.29 is 34.1 Å². The van der Waals surface area contributed by atoms with Crippen LogP contribution in [0, 0.1) is 11.8 Å². The highest BCUT2D eigenvalue weighted by Crippen LogP contribution is 2.48. The molecular weight excluding hydrogens is 328 g/mol. The fourth-order valence-corrected chi connectivity index (χ4v) is 3.56. The standard InChI is InChI=1S/C18H18O7/c1-9(19)11-8-24-17(22)13-12(11)14(20)15(18(13,2)23)25-16(21)10-6-4-3-5-7-10/h3-8,12-15,20,23H,1-2H3/t12-,13-,14+,15+,18-/m1/s1. The SMILES string of the molecule is CC(=O)C1=COC(=O)[C@H]2[C@@H]1[C@H](O)[C@H](OC(=O)c1ccccc1)[C@]2(C)O. The second kappa shape index (κ2) is 6.09. The Kier molecular flexibility index (Phi) is 4.22. The number of aliphatic hydroxyl groups is 2. The van der Waals surface area contributed by atoms with Crippen LogP contribution in [-0.4, -0.2) is 45.7 Å². The summed E-state index contributed by atoms with van der Waals surface area (Å²) in [7, 11) is 0. The first-order chi connectivity index (χ1) is 11.7. The monoisotopic (exact) mass is 346 g/mol. The highest BCUT2D eigenvalue weighted by molar-refractivity contribution is 5.96. The third kappa shape index (κ3) is 2.75. The molecular formula is C18H18O7. The van der Waals surface area contributed by atoms with Crippen molar-refractivity contribution in [2.75, 3.05) is 0 Å². The van der Waals surface area contributed by atoms with E-state index in [-0.39, 0.29) is 11.1 Å². The summed E-state index contributed by atoms with van der Waals surface area (Å²) in [5, 5.41) is 21.4. The second-order valence-electron chi connectivity index (χ2n) is 6.48. The van der Waals surface area contributed by atoms with Crippen LogP contribution in [0.4, 0.5) is 0 Å². The van der Waals surface area contributed by atoms with Crippen LogP contribution >= 0.6 is 0 Å². The number of ether oxygens (including phenoxy) is 2. The van der Waals surface area contributed by atoms with Gasteiger partial charge in [0.05, 0.1) is 11.5 Å². The number of cyclic esters (lactones) is 1. The van der Waals surface area contributed by atoms with Crippen molar-refractivity contribution in [2.24, 2.45) is 11.8 Å². The Morgan fingerprint density at radius 3 is 2.48 bits per heavy atom. The molecule has 1 fully saturated rings. The third-order valence-corrected chi connectivity index (χ3v) is 4.81. The van der Waals surface area contributed by atoms with Gasteiger partial charge >= 0.3 is 11.9 Å². The lowest BCUT2D eigenvalue weighted by Crippen LogP contribution is -2.48. The van der Waals surface area contributed by atoms with Gasteiger partial charge in [0, 0.05) is 11.5 Å². The van der Waals surface area contributed by atoms with E-state index in [9.17, 15) is 24.6 Å². The zero-order valence-corrected chi connectivity index (χ0v) is 13.7. The Morgan fingerprint density at radius 1 is 1.24 bits per heavy atom. The molecule has 1 aliphatic heterocycles. The minimum absolute atomic E-state index is 0.0793. The summed E-state index contributed by atoms with van der Waals surface area (Å²) >= 11 is 0. The molecule has 0 amide bonds. The molecule has 1 saturated carbocycles. The van der Waals surface area contributed by atoms with Gasteiger partial charge in [-0.15, -0.1) is 0 Å². The first kappa shape index (κ1) is 17.3. The summed E-state index contributed by atoms with van der Waals surface area (Å²) in [6, 6.07) is 8.08. The third-order valence-electron chi connectivity index (χ3n) is 4.81. The number of carbonyl (C=O) groups is 3. The molecule has 0 radical (unpaired) electrons. The molecule has 0 spiro atoms. The van der Waals surface area contributed by atoms with Gasteiger partial charge in [0.1, 0.15) is 18.0 Å². The zero-order valence-electron chi connectivity index (χ0n) is 13.7. The molecule has 2 aliphatic rings. The van der Waals surface area contributed by atoms with Gasteiger partial charge in [-0.1, -0.05) is 18.2 Å². The highest BCUT2D eigenvalue weighted by atomic mass is 16.6. The Bertz CT molecular complexity index is 750. The Labute approximate surface area is 143 Å². The number of Topliss-reactive ketones (excluding diaryl/α,β-unsaturated/α-hetero) is 1. The van der Waals surface area contributed by atoms with E-state index >= 15 is 0 Å². The van der Waals surface area contributed by atoms with Crippen LogP contribution in [0.3, 0.4) is 0 Å². The number of ketones is 1. The molecule has 25 heavy (non-hydrogen) atoms. The minimum atomic E-state index is -1.89. The lowest BCUT2D eigenvalue weighted by molar-refractivity contribution is -0.158. The molecule has 0 unspecified atom stereocenters. The Balaban J connectivity index is 1.94. The van der Waals surface area contributed by atoms with Gasteiger partial charge < -0.3 is 19.7 Å². The highest BCUT2D eigenvalue weighted by Gasteiger charge is 2.65. The quantitative estimate of drug-likeness (QED) is 0.771. The van der Waals surface area contributed by atoms with Gasteiger partial charge in [0.25, 0.3) is 0 Å². The molecule has 0 bridgehead atoms. The number of benzene rings is 1. The van der Waals surface area contributed by atoms with E-state index in [2.05, 4.69) is 0 Å². The van der Waals surface area contributed by atoms with Crippen LogP contribution < -0.4 is 0 Å². The molecule has 7 heteroatoms. The van der Waals surface area contributed by atoms with Crippen LogP contribution in [0.15, 0.2) is 42.2 Å². The zero-order chi connectivity index (χ0) is 18.4. The van der Waals surface area contributed by atoms with Gasteiger partial charge in [-0.25, -0.2) is 4.79 Å². The molecule has 1 heterocycles. The molecule has 0 aromatic heterocycles. The summed E-state index contributed by atoms with van der Waals surface area (Å²) < 4.78 is 10.2. The van der Waals surface area contributed by atoms with E-state index in [0.717, 1.165) is 6.26 Å². The van der Waals surface area contributed by atoms with Crippen molar-refractivity contribution in [2.45, 2.75) is 31.7 Å². The Hall–Kier alpha value is -2.51. The molecule has 1 aliphatic carbocycles. The summed E-state index contributed by atoms with van der Waals surface area (Å²) in [5.74, 6) is -4.13. The van der Waals surface area contributed by atoms with Gasteiger partial charge in [-0.05, 0) is 26.0 Å². The number of aliphatic hydroxyl groups excluding tert-OH is 1. The van der Waals surface area contributed by atoms with E-state index in [1.807, 2.05) is 0 Å². The van der Waals surface area contributed by atoms with Crippen molar-refractivity contribution in [1.29, 1.82) is 0 Å². The average Bonchev–Trinajstić information content (AvgIpc) is 2.77. The van der Waals surface area contributed by atoms with Crippen molar-refractivity contribution >= 4 is 17.7 Å². The lowest BCUT2D eigenvalue weighted by atomic mass is 9.80. The maximum absolute atomic E-state index is 12.3. The van der Waals surface area contributed by atoms with Crippen LogP contribution in [0.2, 0.25) is 0 Å². The maximum atomic E-state index is 12.3. The van der Waals surface area contributed by atoms with E-state index in [4.69, 9.17) is 9.47 Å². The smallest absolute Gasteiger partial charge is 0.338 e. The molecule has 1 aromatic carbocycles. The van der Waals surface area contributed by atoms with Crippen molar-refractivity contribution in [1.82, 2.24) is 0 Å². The summed E-state index contributed by atoms with van der Waals surface area (Å²) in [5.41, 5.74) is -1.57. The first-order valence-corrected chi connectivity index (χ1v) is 7.83. The number of fused-ring (bicyclic) bond motifs is 1. The van der Waals surface area contributed by atoms with Crippen molar-refractivity contribution in [3.05, 3.63) is 47.7 Å². The molecule has 5 atom stereocenters. The minimum Gasteiger partial charge on any atom is -0.453 e. The number of rotatable bonds is 3. The molecule has 2 N–H and O–H groups in total. The van der Waals surface area contributed by atoms with Crippen LogP contribution in [0.5, 0.6) is 0 Å². The van der Waals surface area contributed by atoms with Gasteiger partial charge in [-0.2, -0.15) is 0 Å². The summed E-state index contributed by atoms with van der Waals surface area (Å²) in [6.07, 6.45) is -1.81. The van der Waals surface area contributed by atoms with Gasteiger partial charge in [-0.3, -0.25) is 9.59 Å². The molecule has 3 rings (SSSR count). The molecule has 1 aromatic rings. The summed E-state index contributed by atoms with van der Waals surface area (Å²) in [6.45, 7) is 2.56. The topological polar surface area (TPSA) is 110 Å². The van der Waals surface area contributed by atoms with E-state index in [0.29, 0.717) is 0 Å². The van der Waals surface area contributed by atoms with E-state index < -0.39 is 47.4 Å². The first-order valence-electron chi connectivity index (χ1n) is 7.83. The predicted octanol–water partition coefficient (Wildman–Crippen LogP) is 0.600. The van der Waals surface area contributed by atoms with Crippen molar-refractivity contribution in [3.8, 4) is 0 Å². The number of carbonyl (C=O) groups excluding carboxylic acids is 3. The predicted molar refractivity (Wildman–Crippen MR) is 84.1 cm³/mol. The van der Waals surface area contributed by atoms with E-state index in [1.165, 1.54) is 26.0 Å².